The van der Waals surface area contributed by atoms with E-state index in [2.05, 4.69) is 5.09 Å². The second-order valence-electron chi connectivity index (χ2n) is 7.67. The maximum absolute atomic E-state index is 13.5. The van der Waals surface area contributed by atoms with Crippen LogP contribution in [0.2, 0.25) is 0 Å². The lowest BCUT2D eigenvalue weighted by Crippen LogP contribution is -2.38. The first kappa shape index (κ1) is 24.7. The molecule has 1 aliphatic rings. The number of rotatable bonds is 10. The molecule has 0 bridgehead atoms. The summed E-state index contributed by atoms with van der Waals surface area (Å²) in [6.45, 7) is 1.50. The minimum atomic E-state index is -4.12. The third kappa shape index (κ3) is 7.28. The average molecular weight is 478 g/mol. The quantitative estimate of drug-likeness (QED) is 0.225. The van der Waals surface area contributed by atoms with Crippen molar-refractivity contribution in [1.29, 1.82) is 0 Å². The maximum Gasteiger partial charge on any atom is 0.513 e. The van der Waals surface area contributed by atoms with Crippen LogP contribution < -0.4 is 14.1 Å². The van der Waals surface area contributed by atoms with Crippen molar-refractivity contribution in [1.82, 2.24) is 5.09 Å². The van der Waals surface area contributed by atoms with Crippen LogP contribution in [0.5, 0.6) is 11.5 Å². The van der Waals surface area contributed by atoms with Crippen LogP contribution in [-0.4, -0.2) is 36.3 Å². The highest BCUT2D eigenvalue weighted by Crippen LogP contribution is 2.45. The summed E-state index contributed by atoms with van der Waals surface area (Å²) in [7, 11) is -2.46. The lowest BCUT2D eigenvalue weighted by atomic mass is 9.95. The monoisotopic (exact) mass is 478 g/mol. The van der Waals surface area contributed by atoms with Crippen LogP contribution in [0, 0.1) is 10.1 Å². The van der Waals surface area contributed by atoms with Gasteiger partial charge in [0, 0.05) is 19.2 Å². The molecule has 10 nitrogen and oxygen atoms in total. The molecule has 2 aromatic carbocycles. The van der Waals surface area contributed by atoms with Crippen LogP contribution in [-0.2, 0) is 18.8 Å². The Balaban J connectivity index is 1.69. The lowest BCUT2D eigenvalue weighted by Gasteiger charge is -2.29. The number of non-ortho nitro benzene ring substituents is 1. The van der Waals surface area contributed by atoms with Crippen LogP contribution >= 0.6 is 7.75 Å². The van der Waals surface area contributed by atoms with Crippen LogP contribution in [0.3, 0.4) is 0 Å². The number of carbonyl (C=O) groups excluding carboxylic acids is 1. The highest BCUT2D eigenvalue weighted by Gasteiger charge is 2.35. The summed E-state index contributed by atoms with van der Waals surface area (Å²) < 4.78 is 35.6. The first-order valence-electron chi connectivity index (χ1n) is 10.6. The summed E-state index contributed by atoms with van der Waals surface area (Å²) in [6.07, 6.45) is 2.91. The topological polar surface area (TPSA) is 126 Å². The van der Waals surface area contributed by atoms with Crippen LogP contribution in [0.4, 0.5) is 5.69 Å². The molecule has 0 spiro atoms. The van der Waals surface area contributed by atoms with Crippen LogP contribution in [0.1, 0.15) is 32.6 Å². The number of esters is 1. The van der Waals surface area contributed by atoms with Gasteiger partial charge in [-0.25, -0.2) is 4.57 Å². The fourth-order valence-corrected chi connectivity index (χ4v) is 4.92. The lowest BCUT2D eigenvalue weighted by molar-refractivity contribution is -0.384. The molecule has 2 aromatic rings. The van der Waals surface area contributed by atoms with Gasteiger partial charge in [-0.2, -0.15) is 5.09 Å². The Labute approximate surface area is 191 Å². The molecular weight excluding hydrogens is 451 g/mol. The van der Waals surface area contributed by atoms with Crippen molar-refractivity contribution in [3.8, 4) is 11.5 Å². The highest BCUT2D eigenvalue weighted by atomic mass is 31.2. The van der Waals surface area contributed by atoms with E-state index in [9.17, 15) is 19.5 Å². The number of carbonyl (C=O) groups is 1. The number of para-hydroxylation sites is 1. The molecule has 11 heteroatoms. The first-order chi connectivity index (χ1) is 15.8. The Kier molecular flexibility index (Phi) is 8.43. The molecule has 2 atom stereocenters. The summed E-state index contributed by atoms with van der Waals surface area (Å²) in [4.78, 5) is 23.0. The summed E-state index contributed by atoms with van der Waals surface area (Å²) in [5.41, 5.74) is -0.144. The van der Waals surface area contributed by atoms with Gasteiger partial charge in [-0.05, 0) is 56.9 Å². The first-order valence-corrected chi connectivity index (χ1v) is 12.1. The zero-order valence-electron chi connectivity index (χ0n) is 18.4. The van der Waals surface area contributed by atoms with Gasteiger partial charge in [0.2, 0.25) is 0 Å². The molecule has 1 aliphatic carbocycles. The van der Waals surface area contributed by atoms with E-state index in [0.29, 0.717) is 12.8 Å². The fourth-order valence-electron chi connectivity index (χ4n) is 3.40. The predicted molar refractivity (Wildman–Crippen MR) is 120 cm³/mol. The minimum absolute atomic E-state index is 0.0748. The normalized spacial score (nSPS) is 20.8. The summed E-state index contributed by atoms with van der Waals surface area (Å²) in [6, 6.07) is 12.4. The molecule has 0 saturated heterocycles. The number of ether oxygens (including phenoxy) is 2. The van der Waals surface area contributed by atoms with Crippen molar-refractivity contribution < 1.29 is 32.8 Å². The molecular formula is C22H27N2O8P. The number of methoxy groups -OCH3 is 1. The Hall–Kier alpha value is -2.94. The molecule has 1 unspecified atom stereocenters. The van der Waals surface area contributed by atoms with Gasteiger partial charge in [0.1, 0.15) is 23.6 Å². The molecule has 0 aliphatic heterocycles. The van der Waals surface area contributed by atoms with Gasteiger partial charge in [0.15, 0.2) is 0 Å². The van der Waals surface area contributed by atoms with Crippen molar-refractivity contribution in [3.63, 3.8) is 0 Å². The van der Waals surface area contributed by atoms with Gasteiger partial charge in [0.25, 0.3) is 5.69 Å². The van der Waals surface area contributed by atoms with E-state index in [-0.39, 0.29) is 29.4 Å². The fraction of sp³-hybridized carbons (Fsp3) is 0.409. The molecule has 0 amide bonds. The van der Waals surface area contributed by atoms with Crippen LogP contribution in [0.15, 0.2) is 54.6 Å². The average Bonchev–Trinajstić information content (AvgIpc) is 2.80. The zero-order valence-corrected chi connectivity index (χ0v) is 19.3. The van der Waals surface area contributed by atoms with E-state index in [1.807, 2.05) is 0 Å². The Morgan fingerprint density at radius 1 is 1.00 bits per heavy atom. The van der Waals surface area contributed by atoms with E-state index >= 15 is 0 Å². The Morgan fingerprint density at radius 2 is 1.55 bits per heavy atom. The second kappa shape index (κ2) is 11.3. The van der Waals surface area contributed by atoms with Gasteiger partial charge < -0.3 is 18.5 Å². The van der Waals surface area contributed by atoms with Crippen molar-refractivity contribution >= 4 is 19.4 Å². The second-order valence-corrected chi connectivity index (χ2v) is 9.28. The predicted octanol–water partition coefficient (Wildman–Crippen LogP) is 4.64. The zero-order chi connectivity index (χ0) is 23.8. The molecule has 1 saturated carbocycles. The molecule has 3 rings (SSSR count). The Morgan fingerprint density at radius 3 is 2.09 bits per heavy atom. The Bertz CT molecular complexity index is 978. The summed E-state index contributed by atoms with van der Waals surface area (Å²) in [5.74, 6) is -0.250. The number of nitro groups is 1. The van der Waals surface area contributed by atoms with Crippen molar-refractivity contribution in [2.75, 3.05) is 7.11 Å². The molecule has 33 heavy (non-hydrogen) atoms. The maximum atomic E-state index is 13.5. The minimum Gasteiger partial charge on any atom is -0.461 e. The number of nitrogens with one attached hydrogen (secondary N) is 1. The largest absolute Gasteiger partial charge is 0.513 e. The van der Waals surface area contributed by atoms with E-state index in [0.717, 1.165) is 12.8 Å². The number of nitrogens with zero attached hydrogens (tertiary/aromatic N) is 1. The molecule has 178 valence electrons. The van der Waals surface area contributed by atoms with Gasteiger partial charge in [0.05, 0.1) is 11.0 Å². The summed E-state index contributed by atoms with van der Waals surface area (Å²) >= 11 is 0. The smallest absolute Gasteiger partial charge is 0.461 e. The van der Waals surface area contributed by atoms with Gasteiger partial charge >= 0.3 is 13.7 Å². The number of nitro benzene ring substituents is 1. The van der Waals surface area contributed by atoms with E-state index in [4.69, 9.17) is 18.5 Å². The molecule has 1 fully saturated rings. The summed E-state index contributed by atoms with van der Waals surface area (Å²) in [5, 5.41) is 13.5. The molecule has 1 N–H and O–H groups in total. The van der Waals surface area contributed by atoms with Crippen molar-refractivity contribution in [3.05, 3.63) is 64.7 Å². The third-order valence-electron chi connectivity index (χ3n) is 5.18. The standard InChI is InChI=1S/C22H27N2O8P/c1-16(22(25)30-19-14-12-18(29-2)13-15-19)23-33(28,31-20-6-4-3-5-7-20)32-21-10-8-17(9-11-21)24(26)27/h3-11,16,18-19H,12-15H2,1-2H3,(H,23,28)/t16-,18?,19?,33?/m0/s1. The van der Waals surface area contributed by atoms with E-state index in [1.165, 1.54) is 31.2 Å². The van der Waals surface area contributed by atoms with Crippen molar-refractivity contribution in [2.24, 2.45) is 0 Å². The number of hydrogen-bond donors (Lipinski definition) is 1. The molecule has 0 aromatic heterocycles. The SMILES string of the molecule is COC1CCC(OC(=O)[C@H](C)NP(=O)(Oc2ccccc2)Oc2ccc([N+](=O)[O-])cc2)CC1. The molecule has 0 heterocycles. The van der Waals surface area contributed by atoms with Crippen molar-refractivity contribution in [2.45, 2.75) is 50.9 Å². The van der Waals surface area contributed by atoms with Gasteiger partial charge in [-0.1, -0.05) is 18.2 Å². The van der Waals surface area contributed by atoms with Gasteiger partial charge in [-0.3, -0.25) is 14.9 Å². The number of benzene rings is 2. The van der Waals surface area contributed by atoms with Gasteiger partial charge in [-0.15, -0.1) is 0 Å². The number of hydrogen-bond acceptors (Lipinski definition) is 8. The van der Waals surface area contributed by atoms with E-state index < -0.39 is 24.7 Å². The van der Waals surface area contributed by atoms with E-state index in [1.54, 1.807) is 37.4 Å². The third-order valence-corrected chi connectivity index (χ3v) is 6.79. The highest BCUT2D eigenvalue weighted by molar-refractivity contribution is 7.52. The molecule has 0 radical (unpaired) electrons. The van der Waals surface area contributed by atoms with Crippen LogP contribution in [0.25, 0.3) is 0 Å².